The fourth-order valence-electron chi connectivity index (χ4n) is 2.69. The largest absolute Gasteiger partial charge is 0.495 e. The maximum absolute atomic E-state index is 12.9. The lowest BCUT2D eigenvalue weighted by atomic mass is 10.0. The predicted octanol–water partition coefficient (Wildman–Crippen LogP) is 3.96. The summed E-state index contributed by atoms with van der Waals surface area (Å²) < 4.78 is 32.4. The van der Waals surface area contributed by atoms with E-state index in [-0.39, 0.29) is 21.0 Å². The molecule has 0 N–H and O–H groups in total. The van der Waals surface area contributed by atoms with Gasteiger partial charge in [0.15, 0.2) is 0 Å². The highest BCUT2D eigenvalue weighted by atomic mass is 35.5. The van der Waals surface area contributed by atoms with Crippen LogP contribution in [0.4, 0.5) is 0 Å². The van der Waals surface area contributed by atoms with Crippen LogP contribution in [-0.4, -0.2) is 32.4 Å². The monoisotopic (exact) mass is 351 g/mol. The number of methoxy groups -OCH3 is 1. The summed E-state index contributed by atoms with van der Waals surface area (Å²) in [7, 11) is -2.18. The quantitative estimate of drug-likeness (QED) is 0.824. The second-order valence-electron chi connectivity index (χ2n) is 5.09. The van der Waals surface area contributed by atoms with E-state index in [1.54, 1.807) is 4.31 Å². The normalized spacial score (nSPS) is 20.5. The van der Waals surface area contributed by atoms with E-state index in [0.717, 1.165) is 25.7 Å². The van der Waals surface area contributed by atoms with Crippen LogP contribution >= 0.6 is 23.2 Å². The van der Waals surface area contributed by atoms with Crippen LogP contribution in [0, 0.1) is 0 Å². The minimum absolute atomic E-state index is 0.0284. The molecule has 21 heavy (non-hydrogen) atoms. The Hall–Kier alpha value is -0.490. The summed E-state index contributed by atoms with van der Waals surface area (Å²) in [6.45, 7) is 2.53. The highest BCUT2D eigenvalue weighted by Gasteiger charge is 2.34. The first-order valence-corrected chi connectivity index (χ1v) is 9.16. The smallest absolute Gasteiger partial charge is 0.244 e. The molecule has 1 aromatic rings. The molecule has 1 aromatic carbocycles. The fourth-order valence-corrected chi connectivity index (χ4v) is 5.28. The Morgan fingerprint density at radius 3 is 2.62 bits per heavy atom. The lowest BCUT2D eigenvalue weighted by molar-refractivity contribution is 0.246. The second kappa shape index (κ2) is 6.73. The number of sulfonamides is 1. The molecule has 1 atom stereocenters. The van der Waals surface area contributed by atoms with Gasteiger partial charge in [-0.1, -0.05) is 36.5 Å². The number of rotatable bonds is 4. The lowest BCUT2D eigenvalue weighted by Crippen LogP contribution is -2.43. The van der Waals surface area contributed by atoms with Gasteiger partial charge >= 0.3 is 0 Å². The SMILES string of the molecule is CCC1CCCCN1S(=O)(=O)c1cc(Cl)c(OC)cc1Cl. The van der Waals surface area contributed by atoms with Crippen molar-refractivity contribution in [2.24, 2.45) is 0 Å². The lowest BCUT2D eigenvalue weighted by Gasteiger charge is -2.34. The average Bonchev–Trinajstić information content (AvgIpc) is 2.48. The molecule has 0 saturated carbocycles. The molecule has 1 heterocycles. The third kappa shape index (κ3) is 3.31. The van der Waals surface area contributed by atoms with Crippen LogP contribution in [0.15, 0.2) is 17.0 Å². The molecule has 0 spiro atoms. The van der Waals surface area contributed by atoms with Crippen molar-refractivity contribution in [3.63, 3.8) is 0 Å². The molecule has 0 bridgehead atoms. The van der Waals surface area contributed by atoms with Gasteiger partial charge in [0, 0.05) is 18.7 Å². The Labute approximate surface area is 136 Å². The van der Waals surface area contributed by atoms with E-state index in [1.165, 1.54) is 19.2 Å². The summed E-state index contributed by atoms with van der Waals surface area (Å²) in [5.74, 6) is 0.367. The van der Waals surface area contributed by atoms with Crippen molar-refractivity contribution in [3.05, 3.63) is 22.2 Å². The van der Waals surface area contributed by atoms with Crippen molar-refractivity contribution < 1.29 is 13.2 Å². The van der Waals surface area contributed by atoms with Gasteiger partial charge in [-0.25, -0.2) is 8.42 Å². The fraction of sp³-hybridized carbons (Fsp3) is 0.571. The zero-order valence-corrected chi connectivity index (χ0v) is 14.4. The van der Waals surface area contributed by atoms with Crippen LogP contribution in [0.25, 0.3) is 0 Å². The molecule has 0 radical (unpaired) electrons. The van der Waals surface area contributed by atoms with E-state index in [9.17, 15) is 8.42 Å². The number of ether oxygens (including phenoxy) is 1. The molecule has 1 aliphatic rings. The van der Waals surface area contributed by atoms with Gasteiger partial charge in [0.25, 0.3) is 0 Å². The number of piperidine rings is 1. The van der Waals surface area contributed by atoms with Crippen molar-refractivity contribution in [1.82, 2.24) is 4.31 Å². The van der Waals surface area contributed by atoms with Gasteiger partial charge in [0.05, 0.1) is 17.2 Å². The van der Waals surface area contributed by atoms with Crippen molar-refractivity contribution in [1.29, 1.82) is 0 Å². The van der Waals surface area contributed by atoms with Gasteiger partial charge in [0.2, 0.25) is 10.0 Å². The predicted molar refractivity (Wildman–Crippen MR) is 84.8 cm³/mol. The molecular formula is C14H19Cl2NO3S. The number of nitrogens with zero attached hydrogens (tertiary/aromatic N) is 1. The second-order valence-corrected chi connectivity index (χ2v) is 7.76. The number of benzene rings is 1. The molecule has 1 saturated heterocycles. The Morgan fingerprint density at radius 2 is 2.00 bits per heavy atom. The van der Waals surface area contributed by atoms with Crippen molar-refractivity contribution >= 4 is 33.2 Å². The zero-order valence-electron chi connectivity index (χ0n) is 12.1. The first-order valence-electron chi connectivity index (χ1n) is 6.96. The van der Waals surface area contributed by atoms with Crippen molar-refractivity contribution in [2.45, 2.75) is 43.5 Å². The molecular weight excluding hydrogens is 333 g/mol. The van der Waals surface area contributed by atoms with Gasteiger partial charge in [0.1, 0.15) is 10.6 Å². The summed E-state index contributed by atoms with van der Waals surface area (Å²) in [5.41, 5.74) is 0. The highest BCUT2D eigenvalue weighted by molar-refractivity contribution is 7.89. The van der Waals surface area contributed by atoms with Gasteiger partial charge < -0.3 is 4.74 Å². The Bertz CT molecular complexity index is 619. The maximum Gasteiger partial charge on any atom is 0.244 e. The van der Waals surface area contributed by atoms with E-state index in [2.05, 4.69) is 0 Å². The van der Waals surface area contributed by atoms with E-state index in [0.29, 0.717) is 12.3 Å². The minimum atomic E-state index is -3.64. The third-order valence-corrected chi connectivity index (χ3v) is 6.55. The summed E-state index contributed by atoms with van der Waals surface area (Å²) in [6.07, 6.45) is 3.61. The first-order chi connectivity index (χ1) is 9.91. The molecule has 7 heteroatoms. The van der Waals surface area contributed by atoms with Crippen LogP contribution < -0.4 is 4.74 Å². The maximum atomic E-state index is 12.9. The molecule has 118 valence electrons. The van der Waals surface area contributed by atoms with Gasteiger partial charge in [-0.15, -0.1) is 0 Å². The summed E-state index contributed by atoms with van der Waals surface area (Å²) in [6, 6.07) is 2.85. The molecule has 1 aliphatic heterocycles. The summed E-state index contributed by atoms with van der Waals surface area (Å²) in [5, 5.41) is 0.377. The molecule has 2 rings (SSSR count). The highest BCUT2D eigenvalue weighted by Crippen LogP contribution is 2.36. The molecule has 4 nitrogen and oxygen atoms in total. The molecule has 1 unspecified atom stereocenters. The van der Waals surface area contributed by atoms with E-state index >= 15 is 0 Å². The summed E-state index contributed by atoms with van der Waals surface area (Å²) in [4.78, 5) is 0.0512. The van der Waals surface area contributed by atoms with Crippen LogP contribution in [-0.2, 0) is 10.0 Å². The molecule has 0 aromatic heterocycles. The van der Waals surface area contributed by atoms with E-state index in [1.807, 2.05) is 6.92 Å². The zero-order chi connectivity index (χ0) is 15.6. The number of hydrogen-bond acceptors (Lipinski definition) is 3. The summed E-state index contributed by atoms with van der Waals surface area (Å²) >= 11 is 12.2. The molecule has 0 amide bonds. The van der Waals surface area contributed by atoms with Crippen molar-refractivity contribution in [3.8, 4) is 5.75 Å². The number of hydrogen-bond donors (Lipinski definition) is 0. The van der Waals surface area contributed by atoms with Gasteiger partial charge in [-0.3, -0.25) is 0 Å². The van der Waals surface area contributed by atoms with Crippen LogP contribution in [0.2, 0.25) is 10.0 Å². The minimum Gasteiger partial charge on any atom is -0.495 e. The van der Waals surface area contributed by atoms with Crippen LogP contribution in [0.5, 0.6) is 5.75 Å². The Balaban J connectivity index is 2.46. The van der Waals surface area contributed by atoms with E-state index in [4.69, 9.17) is 27.9 Å². The number of halogens is 2. The van der Waals surface area contributed by atoms with Crippen LogP contribution in [0.3, 0.4) is 0 Å². The molecule has 1 fully saturated rings. The van der Waals surface area contributed by atoms with Gasteiger partial charge in [-0.2, -0.15) is 4.31 Å². The molecule has 0 aliphatic carbocycles. The van der Waals surface area contributed by atoms with Gasteiger partial charge in [-0.05, 0) is 25.3 Å². The third-order valence-electron chi connectivity index (χ3n) is 3.84. The first kappa shape index (κ1) is 16.9. The topological polar surface area (TPSA) is 46.6 Å². The standard InChI is InChI=1S/C14H19Cl2NO3S/c1-3-10-6-4-5-7-17(10)21(18,19)14-9-11(15)13(20-2)8-12(14)16/h8-10H,3-7H2,1-2H3. The Morgan fingerprint density at radius 1 is 1.29 bits per heavy atom. The van der Waals surface area contributed by atoms with E-state index < -0.39 is 10.0 Å². The Kier molecular flexibility index (Phi) is 5.41. The van der Waals surface area contributed by atoms with Crippen molar-refractivity contribution in [2.75, 3.05) is 13.7 Å². The van der Waals surface area contributed by atoms with Crippen LogP contribution in [0.1, 0.15) is 32.6 Å². The average molecular weight is 352 g/mol.